The predicted octanol–water partition coefficient (Wildman–Crippen LogP) is 2.93. The standard InChI is InChI=1S/C13H23NS/c1-3-15-9-10(2)14-8-13-7-11-4-5-12(13)6-11/h4-5,10-14H,3,6-9H2,1-2H3. The molecule has 2 heteroatoms. The van der Waals surface area contributed by atoms with Crippen LogP contribution in [0.25, 0.3) is 0 Å². The van der Waals surface area contributed by atoms with Gasteiger partial charge in [-0.25, -0.2) is 0 Å². The van der Waals surface area contributed by atoms with Crippen LogP contribution in [0.15, 0.2) is 12.2 Å². The Hall–Kier alpha value is 0.0500. The first-order valence-electron chi connectivity index (χ1n) is 6.29. The maximum atomic E-state index is 3.69. The van der Waals surface area contributed by atoms with Gasteiger partial charge in [-0.15, -0.1) is 0 Å². The first-order valence-corrected chi connectivity index (χ1v) is 7.44. The molecule has 2 aliphatic carbocycles. The molecule has 0 amide bonds. The summed E-state index contributed by atoms with van der Waals surface area (Å²) in [6, 6.07) is 0.679. The van der Waals surface area contributed by atoms with Crippen LogP contribution in [0.4, 0.5) is 0 Å². The molecule has 0 radical (unpaired) electrons. The van der Waals surface area contributed by atoms with Gasteiger partial charge in [0.1, 0.15) is 0 Å². The minimum atomic E-state index is 0.679. The predicted molar refractivity (Wildman–Crippen MR) is 69.3 cm³/mol. The van der Waals surface area contributed by atoms with E-state index in [9.17, 15) is 0 Å². The van der Waals surface area contributed by atoms with Gasteiger partial charge >= 0.3 is 0 Å². The van der Waals surface area contributed by atoms with E-state index >= 15 is 0 Å². The molecule has 15 heavy (non-hydrogen) atoms. The molecule has 1 N–H and O–H groups in total. The number of hydrogen-bond donors (Lipinski definition) is 1. The second-order valence-corrected chi connectivity index (χ2v) is 6.33. The van der Waals surface area contributed by atoms with Crippen molar-refractivity contribution in [3.05, 3.63) is 12.2 Å². The summed E-state index contributed by atoms with van der Waals surface area (Å²) in [6.45, 7) is 5.78. The Balaban J connectivity index is 1.64. The fraction of sp³-hybridized carbons (Fsp3) is 0.846. The molecule has 0 aromatic heterocycles. The summed E-state index contributed by atoms with van der Waals surface area (Å²) in [7, 11) is 0. The highest BCUT2D eigenvalue weighted by Gasteiger charge is 2.35. The van der Waals surface area contributed by atoms with Crippen molar-refractivity contribution >= 4 is 11.8 Å². The van der Waals surface area contributed by atoms with E-state index in [1.54, 1.807) is 0 Å². The second kappa shape index (κ2) is 5.40. The zero-order valence-corrected chi connectivity index (χ0v) is 10.7. The fourth-order valence-electron chi connectivity index (χ4n) is 2.84. The SMILES string of the molecule is CCSCC(C)NCC1CC2C=CC1C2. The fourth-order valence-corrected chi connectivity index (χ4v) is 3.54. The summed E-state index contributed by atoms with van der Waals surface area (Å²) in [6.07, 6.45) is 7.75. The van der Waals surface area contributed by atoms with Gasteiger partial charge in [-0.3, -0.25) is 0 Å². The molecule has 1 nitrogen and oxygen atoms in total. The summed E-state index contributed by atoms with van der Waals surface area (Å²) in [4.78, 5) is 0. The van der Waals surface area contributed by atoms with Crippen LogP contribution in [-0.4, -0.2) is 24.1 Å². The maximum Gasteiger partial charge on any atom is 0.0130 e. The molecule has 0 saturated heterocycles. The number of nitrogens with one attached hydrogen (secondary N) is 1. The van der Waals surface area contributed by atoms with E-state index in [0.717, 1.165) is 17.8 Å². The number of rotatable bonds is 6. The summed E-state index contributed by atoms with van der Waals surface area (Å²) < 4.78 is 0. The van der Waals surface area contributed by atoms with Crippen molar-refractivity contribution < 1.29 is 0 Å². The van der Waals surface area contributed by atoms with E-state index in [-0.39, 0.29) is 0 Å². The molecule has 2 aliphatic rings. The van der Waals surface area contributed by atoms with Crippen LogP contribution in [0.3, 0.4) is 0 Å². The highest BCUT2D eigenvalue weighted by atomic mass is 32.2. The third-order valence-corrected chi connectivity index (χ3v) is 4.86. The Kier molecular flexibility index (Phi) is 4.15. The van der Waals surface area contributed by atoms with E-state index in [0.29, 0.717) is 6.04 Å². The van der Waals surface area contributed by atoms with E-state index < -0.39 is 0 Å². The van der Waals surface area contributed by atoms with Crippen LogP contribution in [0.5, 0.6) is 0 Å². The third kappa shape index (κ3) is 3.01. The summed E-state index contributed by atoms with van der Waals surface area (Å²) in [5.74, 6) is 5.24. The van der Waals surface area contributed by atoms with Gasteiger partial charge < -0.3 is 5.32 Å². The lowest BCUT2D eigenvalue weighted by molar-refractivity contribution is 0.399. The van der Waals surface area contributed by atoms with Gasteiger partial charge in [0.2, 0.25) is 0 Å². The van der Waals surface area contributed by atoms with Crippen molar-refractivity contribution in [3.8, 4) is 0 Å². The molecule has 86 valence electrons. The van der Waals surface area contributed by atoms with Gasteiger partial charge in [0, 0.05) is 11.8 Å². The average molecular weight is 225 g/mol. The van der Waals surface area contributed by atoms with Crippen molar-refractivity contribution in [3.63, 3.8) is 0 Å². The molecule has 4 unspecified atom stereocenters. The van der Waals surface area contributed by atoms with E-state index in [1.807, 2.05) is 11.8 Å². The molecule has 1 fully saturated rings. The van der Waals surface area contributed by atoms with Crippen molar-refractivity contribution in [1.29, 1.82) is 0 Å². The van der Waals surface area contributed by atoms with Crippen LogP contribution in [0.2, 0.25) is 0 Å². The zero-order valence-electron chi connectivity index (χ0n) is 9.91. The van der Waals surface area contributed by atoms with Gasteiger partial charge in [-0.05, 0) is 49.8 Å². The molecule has 0 aliphatic heterocycles. The lowest BCUT2D eigenvalue weighted by Crippen LogP contribution is -2.34. The van der Waals surface area contributed by atoms with Crippen molar-refractivity contribution in [2.75, 3.05) is 18.1 Å². The smallest absolute Gasteiger partial charge is 0.0130 e. The van der Waals surface area contributed by atoms with Crippen molar-refractivity contribution in [2.45, 2.75) is 32.7 Å². The maximum absolute atomic E-state index is 3.69. The van der Waals surface area contributed by atoms with Crippen LogP contribution in [0, 0.1) is 17.8 Å². The Morgan fingerprint density at radius 2 is 2.27 bits per heavy atom. The van der Waals surface area contributed by atoms with Crippen LogP contribution in [0.1, 0.15) is 26.7 Å². The van der Waals surface area contributed by atoms with Crippen molar-refractivity contribution in [2.24, 2.45) is 17.8 Å². The highest BCUT2D eigenvalue weighted by Crippen LogP contribution is 2.42. The van der Waals surface area contributed by atoms with Gasteiger partial charge in [-0.1, -0.05) is 19.1 Å². The highest BCUT2D eigenvalue weighted by molar-refractivity contribution is 7.99. The summed E-state index contributed by atoms with van der Waals surface area (Å²) >= 11 is 2.04. The Morgan fingerprint density at radius 3 is 2.87 bits per heavy atom. The number of hydrogen-bond acceptors (Lipinski definition) is 2. The third-order valence-electron chi connectivity index (χ3n) is 3.72. The lowest BCUT2D eigenvalue weighted by Gasteiger charge is -2.21. The lowest BCUT2D eigenvalue weighted by atomic mass is 9.93. The van der Waals surface area contributed by atoms with Gasteiger partial charge in [0.05, 0.1) is 0 Å². The minimum absolute atomic E-state index is 0.679. The molecule has 0 aromatic rings. The Bertz CT molecular complexity index is 227. The first kappa shape index (κ1) is 11.5. The molecule has 0 aromatic carbocycles. The number of thioether (sulfide) groups is 1. The van der Waals surface area contributed by atoms with E-state index in [2.05, 4.69) is 31.3 Å². The average Bonchev–Trinajstić information content (AvgIpc) is 2.84. The first-order chi connectivity index (χ1) is 7.29. The van der Waals surface area contributed by atoms with E-state index in [1.165, 1.54) is 30.9 Å². The molecule has 1 saturated carbocycles. The summed E-state index contributed by atoms with van der Waals surface area (Å²) in [5.41, 5.74) is 0. The van der Waals surface area contributed by atoms with E-state index in [4.69, 9.17) is 0 Å². The van der Waals surface area contributed by atoms with Crippen molar-refractivity contribution in [1.82, 2.24) is 5.32 Å². The van der Waals surface area contributed by atoms with Crippen LogP contribution < -0.4 is 5.32 Å². The van der Waals surface area contributed by atoms with Gasteiger partial charge in [-0.2, -0.15) is 11.8 Å². The quantitative estimate of drug-likeness (QED) is 0.698. The Morgan fingerprint density at radius 1 is 1.40 bits per heavy atom. The minimum Gasteiger partial charge on any atom is -0.313 e. The molecule has 4 atom stereocenters. The summed E-state index contributed by atoms with van der Waals surface area (Å²) in [5, 5.41) is 3.69. The molecule has 0 heterocycles. The number of allylic oxidation sites excluding steroid dienone is 2. The zero-order chi connectivity index (χ0) is 10.7. The second-order valence-electron chi connectivity index (χ2n) is 5.01. The molecule has 0 spiro atoms. The molecular formula is C13H23NS. The molecular weight excluding hydrogens is 202 g/mol. The van der Waals surface area contributed by atoms with Gasteiger partial charge in [0.15, 0.2) is 0 Å². The molecule has 2 rings (SSSR count). The molecule has 2 bridgehead atoms. The largest absolute Gasteiger partial charge is 0.313 e. The Labute approximate surface area is 98.1 Å². The van der Waals surface area contributed by atoms with Crippen LogP contribution >= 0.6 is 11.8 Å². The van der Waals surface area contributed by atoms with Gasteiger partial charge in [0.25, 0.3) is 0 Å². The normalized spacial score (nSPS) is 34.9. The number of fused-ring (bicyclic) bond motifs is 2. The van der Waals surface area contributed by atoms with Crippen LogP contribution in [-0.2, 0) is 0 Å². The topological polar surface area (TPSA) is 12.0 Å². The monoisotopic (exact) mass is 225 g/mol.